The third kappa shape index (κ3) is 2.73. The van der Waals surface area contributed by atoms with Crippen LogP contribution < -0.4 is 5.32 Å². The number of rotatable bonds is 4. The Bertz CT molecular complexity index is 799. The van der Waals surface area contributed by atoms with Gasteiger partial charge in [0.05, 0.1) is 18.2 Å². The fraction of sp³-hybridized carbons (Fsp3) is 0.400. The van der Waals surface area contributed by atoms with Crippen LogP contribution in [-0.2, 0) is 21.5 Å². The molecule has 2 aliphatic rings. The van der Waals surface area contributed by atoms with Gasteiger partial charge in [-0.2, -0.15) is 0 Å². The molecular formula is C20H22N2O3. The lowest BCUT2D eigenvalue weighted by molar-refractivity contribution is -0.129. The molecule has 0 bridgehead atoms. The van der Waals surface area contributed by atoms with E-state index in [1.54, 1.807) is 6.26 Å². The Balaban J connectivity index is 1.64. The predicted octanol–water partition coefficient (Wildman–Crippen LogP) is 2.54. The average molecular weight is 338 g/mol. The van der Waals surface area contributed by atoms with E-state index in [4.69, 9.17) is 4.42 Å². The summed E-state index contributed by atoms with van der Waals surface area (Å²) >= 11 is 0. The van der Waals surface area contributed by atoms with Gasteiger partial charge in [0.25, 0.3) is 0 Å². The Labute approximate surface area is 147 Å². The number of carbonyl (C=O) groups is 2. The molecule has 2 aromatic rings. The van der Waals surface area contributed by atoms with Crippen LogP contribution in [0.1, 0.15) is 36.1 Å². The zero-order valence-corrected chi connectivity index (χ0v) is 14.3. The van der Waals surface area contributed by atoms with Crippen LogP contribution in [0.4, 0.5) is 0 Å². The first-order valence-corrected chi connectivity index (χ1v) is 8.76. The second-order valence-electron chi connectivity index (χ2n) is 7.13. The average Bonchev–Trinajstić information content (AvgIpc) is 3.31. The molecule has 0 radical (unpaired) electrons. The summed E-state index contributed by atoms with van der Waals surface area (Å²) in [6, 6.07) is 11.9. The summed E-state index contributed by atoms with van der Waals surface area (Å²) in [5, 5.41) is 3.02. The highest BCUT2D eigenvalue weighted by molar-refractivity contribution is 5.91. The molecule has 5 nitrogen and oxygen atoms in total. The van der Waals surface area contributed by atoms with Gasteiger partial charge in [-0.05, 0) is 37.5 Å². The van der Waals surface area contributed by atoms with Gasteiger partial charge in [0.15, 0.2) is 0 Å². The predicted molar refractivity (Wildman–Crippen MR) is 92.8 cm³/mol. The number of hydrogen-bond donors (Lipinski definition) is 1. The summed E-state index contributed by atoms with van der Waals surface area (Å²) in [6.07, 6.45) is 3.73. The lowest BCUT2D eigenvalue weighted by Crippen LogP contribution is -2.46. The van der Waals surface area contributed by atoms with Gasteiger partial charge in [0.2, 0.25) is 11.8 Å². The van der Waals surface area contributed by atoms with Gasteiger partial charge in [-0.3, -0.25) is 9.59 Å². The molecule has 2 fully saturated rings. The molecule has 3 heterocycles. The smallest absolute Gasteiger partial charge is 0.232 e. The van der Waals surface area contributed by atoms with Crippen LogP contribution in [0.15, 0.2) is 47.1 Å². The van der Waals surface area contributed by atoms with E-state index in [-0.39, 0.29) is 17.9 Å². The molecule has 2 saturated heterocycles. The van der Waals surface area contributed by atoms with Gasteiger partial charge in [-0.25, -0.2) is 0 Å². The standard InChI is InChI=1S/C20H22N2O3/c1-14-4-2-5-15(10-14)20(11-16-7-8-18(23)22(16)13-20)19(24)21-12-17-6-3-9-25-17/h2-6,9-10,16H,7-8,11-13H2,1H3,(H,21,24)/t16-,20-/m0/s1. The lowest BCUT2D eigenvalue weighted by atomic mass is 9.76. The summed E-state index contributed by atoms with van der Waals surface area (Å²) in [4.78, 5) is 27.3. The molecule has 25 heavy (non-hydrogen) atoms. The molecular weight excluding hydrogens is 316 g/mol. The van der Waals surface area contributed by atoms with Gasteiger partial charge in [0, 0.05) is 19.0 Å². The van der Waals surface area contributed by atoms with E-state index in [0.717, 1.165) is 23.3 Å². The van der Waals surface area contributed by atoms with E-state index in [9.17, 15) is 9.59 Å². The van der Waals surface area contributed by atoms with E-state index in [1.165, 1.54) is 0 Å². The van der Waals surface area contributed by atoms with Crippen LogP contribution in [0.25, 0.3) is 0 Å². The number of hydrogen-bond acceptors (Lipinski definition) is 3. The Hall–Kier alpha value is -2.56. The van der Waals surface area contributed by atoms with Crippen molar-refractivity contribution in [1.82, 2.24) is 10.2 Å². The largest absolute Gasteiger partial charge is 0.467 e. The fourth-order valence-electron chi connectivity index (χ4n) is 4.18. The van der Waals surface area contributed by atoms with Crippen molar-refractivity contribution < 1.29 is 14.0 Å². The Morgan fingerprint density at radius 3 is 2.96 bits per heavy atom. The third-order valence-corrected chi connectivity index (χ3v) is 5.49. The molecule has 0 aliphatic carbocycles. The number of amides is 2. The van der Waals surface area contributed by atoms with Gasteiger partial charge in [0.1, 0.15) is 5.76 Å². The zero-order chi connectivity index (χ0) is 17.4. The lowest BCUT2D eigenvalue weighted by Gasteiger charge is -2.29. The molecule has 0 unspecified atom stereocenters. The molecule has 1 N–H and O–H groups in total. The second kappa shape index (κ2) is 6.06. The second-order valence-corrected chi connectivity index (χ2v) is 7.13. The van der Waals surface area contributed by atoms with Crippen LogP contribution in [0.3, 0.4) is 0 Å². The minimum absolute atomic E-state index is 0.0308. The van der Waals surface area contributed by atoms with Crippen LogP contribution in [0, 0.1) is 6.92 Å². The van der Waals surface area contributed by atoms with E-state index >= 15 is 0 Å². The van der Waals surface area contributed by atoms with Crippen molar-refractivity contribution in [2.75, 3.05) is 6.54 Å². The highest BCUT2D eigenvalue weighted by Crippen LogP contribution is 2.43. The minimum atomic E-state index is -0.681. The molecule has 1 aromatic carbocycles. The van der Waals surface area contributed by atoms with Gasteiger partial charge >= 0.3 is 0 Å². The minimum Gasteiger partial charge on any atom is -0.467 e. The van der Waals surface area contributed by atoms with Crippen molar-refractivity contribution in [1.29, 1.82) is 0 Å². The SMILES string of the molecule is Cc1cccc([C@]2(C(=O)NCc3ccco3)C[C@@H]3CCC(=O)N3C2)c1. The molecule has 4 rings (SSSR count). The number of benzene rings is 1. The third-order valence-electron chi connectivity index (χ3n) is 5.49. The molecule has 2 atom stereocenters. The molecule has 0 saturated carbocycles. The summed E-state index contributed by atoms with van der Waals surface area (Å²) < 4.78 is 5.32. The van der Waals surface area contributed by atoms with E-state index in [2.05, 4.69) is 11.4 Å². The molecule has 0 spiro atoms. The van der Waals surface area contributed by atoms with Crippen molar-refractivity contribution in [2.45, 2.75) is 44.2 Å². The quantitative estimate of drug-likeness (QED) is 0.932. The monoisotopic (exact) mass is 338 g/mol. The molecule has 5 heteroatoms. The summed E-state index contributed by atoms with van der Waals surface area (Å²) in [7, 11) is 0. The van der Waals surface area contributed by atoms with Gasteiger partial charge < -0.3 is 14.6 Å². The highest BCUT2D eigenvalue weighted by Gasteiger charge is 2.53. The van der Waals surface area contributed by atoms with Crippen LogP contribution in [-0.4, -0.2) is 29.3 Å². The maximum absolute atomic E-state index is 13.2. The van der Waals surface area contributed by atoms with Crippen molar-refractivity contribution in [3.05, 3.63) is 59.5 Å². The van der Waals surface area contributed by atoms with Crippen LogP contribution in [0.5, 0.6) is 0 Å². The van der Waals surface area contributed by atoms with E-state index in [0.29, 0.717) is 25.9 Å². The number of aryl methyl sites for hydroxylation is 1. The number of carbonyl (C=O) groups excluding carboxylic acids is 2. The molecule has 2 amide bonds. The number of nitrogens with zero attached hydrogens (tertiary/aromatic N) is 1. The Kier molecular flexibility index (Phi) is 3.86. The van der Waals surface area contributed by atoms with Crippen molar-refractivity contribution in [3.63, 3.8) is 0 Å². The van der Waals surface area contributed by atoms with Crippen LogP contribution in [0.2, 0.25) is 0 Å². The topological polar surface area (TPSA) is 62.6 Å². The number of nitrogens with one attached hydrogen (secondary N) is 1. The van der Waals surface area contributed by atoms with E-state index < -0.39 is 5.41 Å². The van der Waals surface area contributed by atoms with Crippen molar-refractivity contribution in [3.8, 4) is 0 Å². The molecule has 130 valence electrons. The Morgan fingerprint density at radius 2 is 2.24 bits per heavy atom. The molecule has 2 aliphatic heterocycles. The van der Waals surface area contributed by atoms with Gasteiger partial charge in [-0.15, -0.1) is 0 Å². The van der Waals surface area contributed by atoms with Crippen molar-refractivity contribution >= 4 is 11.8 Å². The van der Waals surface area contributed by atoms with E-state index in [1.807, 2.05) is 42.2 Å². The summed E-state index contributed by atoms with van der Waals surface area (Å²) in [5.41, 5.74) is 1.43. The normalized spacial score (nSPS) is 25.2. The first-order valence-electron chi connectivity index (χ1n) is 8.76. The maximum atomic E-state index is 13.2. The first kappa shape index (κ1) is 15.9. The van der Waals surface area contributed by atoms with Crippen LogP contribution >= 0.6 is 0 Å². The number of furan rings is 1. The number of fused-ring (bicyclic) bond motifs is 1. The Morgan fingerprint density at radius 1 is 1.36 bits per heavy atom. The summed E-state index contributed by atoms with van der Waals surface area (Å²) in [6.45, 7) is 2.85. The zero-order valence-electron chi connectivity index (χ0n) is 14.3. The maximum Gasteiger partial charge on any atom is 0.232 e. The highest BCUT2D eigenvalue weighted by atomic mass is 16.3. The van der Waals surface area contributed by atoms with Gasteiger partial charge in [-0.1, -0.05) is 29.8 Å². The molecule has 1 aromatic heterocycles. The first-order chi connectivity index (χ1) is 12.1. The summed E-state index contributed by atoms with van der Waals surface area (Å²) in [5.74, 6) is 0.859. The fourth-order valence-corrected chi connectivity index (χ4v) is 4.18. The van der Waals surface area contributed by atoms with Crippen molar-refractivity contribution in [2.24, 2.45) is 0 Å².